The van der Waals surface area contributed by atoms with Crippen LogP contribution in [0, 0.1) is 4.84 Å². The summed E-state index contributed by atoms with van der Waals surface area (Å²) in [7, 11) is 0. The maximum absolute atomic E-state index is 11.5. The van der Waals surface area contributed by atoms with Crippen LogP contribution in [0.3, 0.4) is 0 Å². The molecule has 2 aromatic rings. The lowest BCUT2D eigenvalue weighted by atomic mass is 10.2. The summed E-state index contributed by atoms with van der Waals surface area (Å²) in [6.07, 6.45) is 6.08. The molecule has 19 heavy (non-hydrogen) atoms. The highest BCUT2D eigenvalue weighted by atomic mass is 32.1. The predicted molar refractivity (Wildman–Crippen MR) is 78.7 cm³/mol. The molecule has 0 unspecified atom stereocenters. The fraction of sp³-hybridized carbons (Fsp3) is 0.333. The van der Waals surface area contributed by atoms with Crippen molar-refractivity contribution in [1.29, 1.82) is 0 Å². The summed E-state index contributed by atoms with van der Waals surface area (Å²) >= 11 is 5.18. The van der Waals surface area contributed by atoms with Crippen LogP contribution < -0.4 is 0 Å². The molecule has 1 heterocycles. The number of ketones is 1. The second-order valence-corrected chi connectivity index (χ2v) is 4.77. The van der Waals surface area contributed by atoms with Crippen molar-refractivity contribution >= 4 is 29.1 Å². The first-order valence-corrected chi connectivity index (χ1v) is 6.91. The van der Waals surface area contributed by atoms with Gasteiger partial charge in [0.2, 0.25) is 0 Å². The van der Waals surface area contributed by atoms with Gasteiger partial charge < -0.3 is 4.42 Å². The van der Waals surface area contributed by atoms with E-state index < -0.39 is 0 Å². The summed E-state index contributed by atoms with van der Waals surface area (Å²) in [5, 5.41) is 0. The third-order valence-corrected chi connectivity index (χ3v) is 3.25. The predicted octanol–water partition coefficient (Wildman–Crippen LogP) is 4.28. The second kappa shape index (κ2) is 6.48. The quantitative estimate of drug-likeness (QED) is 0.583. The Morgan fingerprint density at radius 2 is 2.21 bits per heavy atom. The largest absolute Gasteiger partial charge is 0.429 e. The third-order valence-electron chi connectivity index (χ3n) is 2.94. The fourth-order valence-corrected chi connectivity index (χ4v) is 2.17. The van der Waals surface area contributed by atoms with Gasteiger partial charge in [0, 0.05) is 13.0 Å². The zero-order chi connectivity index (χ0) is 13.7. The Morgan fingerprint density at radius 3 is 3.00 bits per heavy atom. The number of benzene rings is 1. The molecule has 0 radical (unpaired) electrons. The van der Waals surface area contributed by atoms with Crippen molar-refractivity contribution in [2.24, 2.45) is 0 Å². The highest BCUT2D eigenvalue weighted by Gasteiger charge is 2.04. The molecular weight excluding hydrogens is 258 g/mol. The number of hydrogen-bond acceptors (Lipinski definition) is 3. The molecular formula is C15H17NO2S. The first-order valence-electron chi connectivity index (χ1n) is 6.50. The Morgan fingerprint density at radius 1 is 1.42 bits per heavy atom. The van der Waals surface area contributed by atoms with Gasteiger partial charge in [-0.05, 0) is 36.8 Å². The Labute approximate surface area is 117 Å². The Hall–Kier alpha value is -1.68. The van der Waals surface area contributed by atoms with Gasteiger partial charge >= 0.3 is 0 Å². The smallest absolute Gasteiger partial charge is 0.269 e. The normalized spacial score (nSPS) is 11.4. The van der Waals surface area contributed by atoms with Gasteiger partial charge in [0.15, 0.2) is 11.4 Å². The minimum absolute atomic E-state index is 0.168. The SMILES string of the molecule is CCCCC(=O)/C=C/Cn1c(=S)oc2ccccc21. The lowest BCUT2D eigenvalue weighted by Gasteiger charge is -1.97. The summed E-state index contributed by atoms with van der Waals surface area (Å²) in [6, 6.07) is 7.70. The van der Waals surface area contributed by atoms with Crippen LogP contribution in [0.4, 0.5) is 0 Å². The summed E-state index contributed by atoms with van der Waals surface area (Å²) < 4.78 is 7.36. The van der Waals surface area contributed by atoms with Crippen LogP contribution in [0.25, 0.3) is 11.1 Å². The molecule has 0 aliphatic heterocycles. The molecule has 0 amide bonds. The average Bonchev–Trinajstić information content (AvgIpc) is 2.73. The van der Waals surface area contributed by atoms with E-state index in [0.29, 0.717) is 17.8 Å². The summed E-state index contributed by atoms with van der Waals surface area (Å²) in [4.78, 5) is 12.0. The Balaban J connectivity index is 2.10. The number of nitrogens with zero attached hydrogens (tertiary/aromatic N) is 1. The number of allylic oxidation sites excluding steroid dienone is 2. The molecule has 0 fully saturated rings. The minimum atomic E-state index is 0.168. The van der Waals surface area contributed by atoms with Crippen LogP contribution in [0.2, 0.25) is 0 Å². The number of aromatic nitrogens is 1. The zero-order valence-electron chi connectivity index (χ0n) is 11.0. The van der Waals surface area contributed by atoms with E-state index in [-0.39, 0.29) is 5.78 Å². The van der Waals surface area contributed by atoms with Gasteiger partial charge in [-0.15, -0.1) is 0 Å². The van der Waals surface area contributed by atoms with Crippen LogP contribution in [-0.4, -0.2) is 10.4 Å². The summed E-state index contributed by atoms with van der Waals surface area (Å²) in [6.45, 7) is 2.64. The van der Waals surface area contributed by atoms with E-state index in [1.807, 2.05) is 34.9 Å². The molecule has 1 aromatic carbocycles. The van der Waals surface area contributed by atoms with Crippen molar-refractivity contribution < 1.29 is 9.21 Å². The highest BCUT2D eigenvalue weighted by molar-refractivity contribution is 7.71. The number of oxazole rings is 1. The van der Waals surface area contributed by atoms with E-state index in [4.69, 9.17) is 16.6 Å². The van der Waals surface area contributed by atoms with Crippen molar-refractivity contribution in [1.82, 2.24) is 4.57 Å². The topological polar surface area (TPSA) is 35.1 Å². The molecule has 0 aliphatic rings. The highest BCUT2D eigenvalue weighted by Crippen LogP contribution is 2.16. The van der Waals surface area contributed by atoms with E-state index in [0.717, 1.165) is 23.9 Å². The molecule has 3 nitrogen and oxygen atoms in total. The maximum atomic E-state index is 11.5. The van der Waals surface area contributed by atoms with E-state index in [1.165, 1.54) is 0 Å². The van der Waals surface area contributed by atoms with Gasteiger partial charge in [-0.25, -0.2) is 0 Å². The van der Waals surface area contributed by atoms with Crippen LogP contribution in [0.15, 0.2) is 40.8 Å². The van der Waals surface area contributed by atoms with Crippen LogP contribution >= 0.6 is 12.2 Å². The Kier molecular flexibility index (Phi) is 4.68. The van der Waals surface area contributed by atoms with Crippen LogP contribution in [0.1, 0.15) is 26.2 Å². The molecule has 0 N–H and O–H groups in total. The van der Waals surface area contributed by atoms with Crippen molar-refractivity contribution in [3.05, 3.63) is 41.3 Å². The standard InChI is InChI=1S/C15H17NO2S/c1-2-3-7-12(17)8-6-11-16-13-9-4-5-10-14(13)18-15(16)19/h4-6,8-10H,2-3,7,11H2,1H3/b8-6+. The number of hydrogen-bond donors (Lipinski definition) is 0. The van der Waals surface area contributed by atoms with Crippen LogP contribution in [0.5, 0.6) is 0 Å². The number of carbonyl (C=O) groups excluding carboxylic acids is 1. The lowest BCUT2D eigenvalue weighted by molar-refractivity contribution is -0.114. The van der Waals surface area contributed by atoms with Gasteiger partial charge in [0.25, 0.3) is 4.84 Å². The van der Waals surface area contributed by atoms with Crippen molar-refractivity contribution in [2.75, 3.05) is 0 Å². The first-order chi connectivity index (χ1) is 9.22. The summed E-state index contributed by atoms with van der Waals surface area (Å²) in [5.41, 5.74) is 1.73. The second-order valence-electron chi connectivity index (χ2n) is 4.42. The number of rotatable bonds is 6. The average molecular weight is 275 g/mol. The minimum Gasteiger partial charge on any atom is -0.429 e. The van der Waals surface area contributed by atoms with Gasteiger partial charge in [0.05, 0.1) is 5.52 Å². The molecule has 2 rings (SSSR count). The molecule has 0 atom stereocenters. The molecule has 1 aromatic heterocycles. The van der Waals surface area contributed by atoms with E-state index >= 15 is 0 Å². The van der Waals surface area contributed by atoms with E-state index in [2.05, 4.69) is 6.92 Å². The van der Waals surface area contributed by atoms with Gasteiger partial charge in [0.1, 0.15) is 0 Å². The van der Waals surface area contributed by atoms with Crippen molar-refractivity contribution in [3.63, 3.8) is 0 Å². The van der Waals surface area contributed by atoms with Gasteiger partial charge in [-0.2, -0.15) is 0 Å². The van der Waals surface area contributed by atoms with E-state index in [9.17, 15) is 4.79 Å². The number of fused-ring (bicyclic) bond motifs is 1. The third kappa shape index (κ3) is 3.41. The molecule has 4 heteroatoms. The monoisotopic (exact) mass is 275 g/mol. The maximum Gasteiger partial charge on any atom is 0.269 e. The molecule has 0 saturated heterocycles. The number of para-hydroxylation sites is 2. The van der Waals surface area contributed by atoms with Gasteiger partial charge in [-0.1, -0.05) is 31.6 Å². The molecule has 0 saturated carbocycles. The Bertz CT molecular complexity index is 651. The van der Waals surface area contributed by atoms with Crippen LogP contribution in [-0.2, 0) is 11.3 Å². The zero-order valence-corrected chi connectivity index (χ0v) is 11.8. The summed E-state index contributed by atoms with van der Waals surface area (Å²) in [5.74, 6) is 0.168. The lowest BCUT2D eigenvalue weighted by Crippen LogP contribution is -1.97. The molecule has 0 aliphatic carbocycles. The fourth-order valence-electron chi connectivity index (χ4n) is 1.91. The molecule has 100 valence electrons. The number of unbranched alkanes of at least 4 members (excludes halogenated alkanes) is 1. The van der Waals surface area contributed by atoms with Crippen molar-refractivity contribution in [2.45, 2.75) is 32.7 Å². The van der Waals surface area contributed by atoms with E-state index in [1.54, 1.807) is 6.08 Å². The van der Waals surface area contributed by atoms with Crippen molar-refractivity contribution in [3.8, 4) is 0 Å². The van der Waals surface area contributed by atoms with Gasteiger partial charge in [-0.3, -0.25) is 9.36 Å². The molecule has 0 spiro atoms. The first kappa shape index (κ1) is 13.7. The number of carbonyl (C=O) groups is 1. The molecule has 0 bridgehead atoms.